The topological polar surface area (TPSA) is 116 Å². The number of hydrogen-bond donors (Lipinski definition) is 1. The van der Waals surface area contributed by atoms with Crippen molar-refractivity contribution in [1.29, 1.82) is 0 Å². The largest absolute Gasteiger partial charge is 0.366 e. The van der Waals surface area contributed by atoms with Crippen LogP contribution in [0.1, 0.15) is 39.9 Å². The Morgan fingerprint density at radius 3 is 2.43 bits per heavy atom. The first-order valence-electron chi connectivity index (χ1n) is 15.9. The highest BCUT2D eigenvalue weighted by atomic mass is 32.2. The molecule has 9 nitrogen and oxygen atoms in total. The van der Waals surface area contributed by atoms with Crippen molar-refractivity contribution in [3.63, 3.8) is 0 Å². The first-order chi connectivity index (χ1) is 22.6. The van der Waals surface area contributed by atoms with Gasteiger partial charge in [-0.05, 0) is 105 Å². The van der Waals surface area contributed by atoms with Crippen molar-refractivity contribution in [2.24, 2.45) is 11.7 Å². The molecule has 1 saturated heterocycles. The zero-order valence-corrected chi connectivity index (χ0v) is 27.7. The molecule has 1 aliphatic heterocycles. The van der Waals surface area contributed by atoms with Crippen LogP contribution in [0.5, 0.6) is 0 Å². The molecule has 1 fully saturated rings. The predicted molar refractivity (Wildman–Crippen MR) is 187 cm³/mol. The van der Waals surface area contributed by atoms with Gasteiger partial charge in [-0.2, -0.15) is 5.10 Å². The van der Waals surface area contributed by atoms with E-state index < -0.39 is 15.9 Å². The van der Waals surface area contributed by atoms with Crippen LogP contribution in [0.2, 0.25) is 0 Å². The number of hydrogen-bond acceptors (Lipinski definition) is 6. The van der Waals surface area contributed by atoms with Gasteiger partial charge in [0.2, 0.25) is 15.9 Å². The Balaban J connectivity index is 1.32. The summed E-state index contributed by atoms with van der Waals surface area (Å²) in [5.74, 6) is -0.0486. The molecular weight excluding hydrogens is 609 g/mol. The van der Waals surface area contributed by atoms with Crippen molar-refractivity contribution in [3.8, 4) is 22.3 Å². The highest BCUT2D eigenvalue weighted by Gasteiger charge is 2.24. The lowest BCUT2D eigenvalue weighted by atomic mass is 9.93. The number of benzene rings is 3. The summed E-state index contributed by atoms with van der Waals surface area (Å²) in [5.41, 5.74) is 13.0. The minimum Gasteiger partial charge on any atom is -0.366 e. The summed E-state index contributed by atoms with van der Waals surface area (Å²) < 4.78 is 31.1. The van der Waals surface area contributed by atoms with E-state index >= 15 is 0 Å². The summed E-state index contributed by atoms with van der Waals surface area (Å²) in [6.45, 7) is 6.93. The fraction of sp³-hybridized carbons (Fsp3) is 0.270. The van der Waals surface area contributed by atoms with E-state index in [1.807, 2.05) is 56.3 Å². The van der Waals surface area contributed by atoms with Gasteiger partial charge in [0.1, 0.15) is 0 Å². The SMILES string of the molecule is Cc1c(C(N)=O)ccc(-c2cn(S(=O)(=O)Cc3ccccc3)c3ncc(-c4ccc5nn(CC6CCN(C)CC6)cc5c4)cc23)c1C. The van der Waals surface area contributed by atoms with E-state index in [0.717, 1.165) is 63.9 Å². The minimum atomic E-state index is -3.82. The summed E-state index contributed by atoms with van der Waals surface area (Å²) in [6.07, 6.45) is 7.86. The molecule has 0 atom stereocenters. The molecule has 6 aromatic rings. The van der Waals surface area contributed by atoms with Gasteiger partial charge in [0, 0.05) is 52.6 Å². The number of amides is 1. The number of carbonyl (C=O) groups excluding carboxylic acids is 1. The average Bonchev–Trinajstić information content (AvgIpc) is 3.64. The van der Waals surface area contributed by atoms with E-state index in [1.54, 1.807) is 30.6 Å². The second-order valence-corrected chi connectivity index (χ2v) is 14.7. The normalized spacial score (nSPS) is 14.7. The van der Waals surface area contributed by atoms with Crippen molar-refractivity contribution in [3.05, 3.63) is 108 Å². The molecule has 0 saturated carbocycles. The van der Waals surface area contributed by atoms with Crippen LogP contribution in [-0.2, 0) is 22.3 Å². The van der Waals surface area contributed by atoms with Crippen LogP contribution in [0.15, 0.2) is 85.3 Å². The maximum atomic E-state index is 13.9. The monoisotopic (exact) mass is 646 g/mol. The number of fused-ring (bicyclic) bond motifs is 2. The average molecular weight is 647 g/mol. The molecule has 1 amide bonds. The number of pyridine rings is 1. The molecule has 7 rings (SSSR count). The maximum Gasteiger partial charge on any atom is 0.248 e. The van der Waals surface area contributed by atoms with Crippen molar-refractivity contribution in [2.75, 3.05) is 20.1 Å². The van der Waals surface area contributed by atoms with Gasteiger partial charge in [0.25, 0.3) is 0 Å². The molecule has 0 aliphatic carbocycles. The van der Waals surface area contributed by atoms with Crippen LogP contribution >= 0.6 is 0 Å². The third-order valence-electron chi connectivity index (χ3n) is 9.61. The van der Waals surface area contributed by atoms with Crippen LogP contribution in [-0.4, -0.2) is 58.1 Å². The molecule has 0 bridgehead atoms. The van der Waals surface area contributed by atoms with E-state index in [9.17, 15) is 13.2 Å². The molecule has 10 heteroatoms. The molecule has 47 heavy (non-hydrogen) atoms. The van der Waals surface area contributed by atoms with Crippen molar-refractivity contribution in [2.45, 2.75) is 39.0 Å². The number of carbonyl (C=O) groups is 1. The number of likely N-dealkylation sites (tertiary alicyclic amines) is 1. The Kier molecular flexibility index (Phi) is 7.93. The minimum absolute atomic E-state index is 0.169. The van der Waals surface area contributed by atoms with Gasteiger partial charge in [-0.3, -0.25) is 9.48 Å². The first-order valence-corrected chi connectivity index (χ1v) is 17.5. The Labute approximate surface area is 274 Å². The first kappa shape index (κ1) is 30.8. The fourth-order valence-electron chi connectivity index (χ4n) is 6.76. The summed E-state index contributed by atoms with van der Waals surface area (Å²) in [5, 5.41) is 6.60. The molecular formula is C37H38N6O3S. The highest BCUT2D eigenvalue weighted by Crippen LogP contribution is 2.37. The van der Waals surface area contributed by atoms with Crippen LogP contribution in [0.3, 0.4) is 0 Å². The lowest BCUT2D eigenvalue weighted by molar-refractivity contribution is 0.0999. The molecule has 2 N–H and O–H groups in total. The lowest BCUT2D eigenvalue weighted by Gasteiger charge is -2.28. The predicted octanol–water partition coefficient (Wildman–Crippen LogP) is 6.16. The number of nitrogens with two attached hydrogens (primary N) is 1. The van der Waals surface area contributed by atoms with E-state index in [0.29, 0.717) is 28.1 Å². The van der Waals surface area contributed by atoms with Gasteiger partial charge in [-0.1, -0.05) is 42.5 Å². The Morgan fingerprint density at radius 1 is 0.915 bits per heavy atom. The molecule has 3 aromatic heterocycles. The Bertz CT molecular complexity index is 2250. The molecule has 0 radical (unpaired) electrons. The third-order valence-corrected chi connectivity index (χ3v) is 11.2. The van der Waals surface area contributed by atoms with Gasteiger partial charge in [-0.25, -0.2) is 17.4 Å². The number of nitrogens with zero attached hydrogens (tertiary/aromatic N) is 5. The summed E-state index contributed by atoms with van der Waals surface area (Å²) >= 11 is 0. The summed E-state index contributed by atoms with van der Waals surface area (Å²) in [4.78, 5) is 19.2. The van der Waals surface area contributed by atoms with Crippen LogP contribution < -0.4 is 5.73 Å². The van der Waals surface area contributed by atoms with Crippen LogP contribution in [0.25, 0.3) is 44.2 Å². The van der Waals surface area contributed by atoms with E-state index in [2.05, 4.69) is 28.9 Å². The van der Waals surface area contributed by atoms with Crippen molar-refractivity contribution in [1.82, 2.24) is 23.6 Å². The Morgan fingerprint density at radius 2 is 1.68 bits per heavy atom. The zero-order valence-electron chi connectivity index (χ0n) is 26.8. The number of aromatic nitrogens is 4. The standard InChI is InChI=1S/C37H38N6O3S/c1-24-25(2)32(36(38)44)11-10-31(24)34-22-43(47(45,46)23-27-7-5-4-6-8-27)37-33(34)18-29(19-39-37)28-9-12-35-30(17-28)21-42(40-35)20-26-13-15-41(3)16-14-26/h4-12,17-19,21-22,26H,13-16,20,23H2,1-3H3,(H2,38,44). The van der Waals surface area contributed by atoms with Crippen LogP contribution in [0, 0.1) is 19.8 Å². The zero-order chi connectivity index (χ0) is 32.9. The Hall–Kier alpha value is -4.80. The second-order valence-electron chi connectivity index (χ2n) is 12.8. The second kappa shape index (κ2) is 12.1. The van der Waals surface area contributed by atoms with Crippen LogP contribution in [0.4, 0.5) is 0 Å². The molecule has 0 unspecified atom stereocenters. The van der Waals surface area contributed by atoms with E-state index in [4.69, 9.17) is 15.8 Å². The van der Waals surface area contributed by atoms with Gasteiger partial charge in [0.05, 0.1) is 11.3 Å². The summed E-state index contributed by atoms with van der Waals surface area (Å²) in [7, 11) is -1.65. The van der Waals surface area contributed by atoms with Crippen molar-refractivity contribution >= 4 is 37.9 Å². The smallest absolute Gasteiger partial charge is 0.248 e. The maximum absolute atomic E-state index is 13.9. The van der Waals surface area contributed by atoms with Gasteiger partial charge < -0.3 is 10.6 Å². The van der Waals surface area contributed by atoms with Gasteiger partial charge >= 0.3 is 0 Å². The molecule has 0 spiro atoms. The molecule has 240 valence electrons. The van der Waals surface area contributed by atoms with E-state index in [-0.39, 0.29) is 5.75 Å². The summed E-state index contributed by atoms with van der Waals surface area (Å²) in [6, 6.07) is 20.9. The highest BCUT2D eigenvalue weighted by molar-refractivity contribution is 7.89. The lowest BCUT2D eigenvalue weighted by Crippen LogP contribution is -2.31. The fourth-order valence-corrected chi connectivity index (χ4v) is 8.18. The van der Waals surface area contributed by atoms with E-state index in [1.165, 1.54) is 16.8 Å². The third kappa shape index (κ3) is 5.94. The molecule has 4 heterocycles. The number of piperidine rings is 1. The van der Waals surface area contributed by atoms with Gasteiger partial charge in [-0.15, -0.1) is 0 Å². The molecule has 1 aliphatic rings. The van der Waals surface area contributed by atoms with Gasteiger partial charge in [0.15, 0.2) is 5.65 Å². The molecule has 3 aromatic carbocycles. The number of primary amides is 1. The van der Waals surface area contributed by atoms with Crippen molar-refractivity contribution < 1.29 is 13.2 Å². The number of rotatable bonds is 8. The quantitative estimate of drug-likeness (QED) is 0.212.